The minimum atomic E-state index is -1.46. The zero-order valence-electron chi connectivity index (χ0n) is 50.7. The summed E-state index contributed by atoms with van der Waals surface area (Å²) in [6.07, 6.45) is 6.51. The number of aliphatic hydroxyl groups excluding tert-OH is 1. The van der Waals surface area contributed by atoms with Crippen LogP contribution in [0.2, 0.25) is 19.6 Å². The first-order valence-electron chi connectivity index (χ1n) is 29.3. The Morgan fingerprint density at radius 2 is 0.865 bits per heavy atom. The predicted molar refractivity (Wildman–Crippen MR) is 350 cm³/mol. The van der Waals surface area contributed by atoms with Gasteiger partial charge in [0.15, 0.2) is 0 Å². The quantitative estimate of drug-likeness (QED) is 0.0633. The number of halogens is 3. The van der Waals surface area contributed by atoms with Crippen LogP contribution in [-0.4, -0.2) is 67.5 Å². The van der Waals surface area contributed by atoms with Gasteiger partial charge in [0.2, 0.25) is 8.32 Å². The maximum absolute atomic E-state index is 13.2. The molecule has 16 heteroatoms. The average Bonchev–Trinajstić information content (AvgIpc) is 3.20. The number of ether oxygens (including phenoxy) is 1. The van der Waals surface area contributed by atoms with Gasteiger partial charge in [-0.2, -0.15) is 15.3 Å². The number of aliphatic hydroxyl groups is 1. The summed E-state index contributed by atoms with van der Waals surface area (Å²) >= 11 is 0. The largest absolute Gasteiger partial charge is 0.520 e. The van der Waals surface area contributed by atoms with Gasteiger partial charge in [-0.15, -0.1) is 0 Å². The number of nitrogens with two attached hydrogens (primary N) is 1. The van der Waals surface area contributed by atoms with Crippen molar-refractivity contribution in [2.24, 2.45) is 17.6 Å². The number of rotatable bonds is 16. The minimum Gasteiger partial charge on any atom is -0.520 e. The van der Waals surface area contributed by atoms with Crippen LogP contribution in [0.1, 0.15) is 72.1 Å². The van der Waals surface area contributed by atoms with Gasteiger partial charge in [-0.1, -0.05) is 123 Å². The van der Waals surface area contributed by atoms with E-state index in [1.54, 1.807) is 72.2 Å². The van der Waals surface area contributed by atoms with Crippen molar-refractivity contribution in [1.29, 1.82) is 0 Å². The molecule has 9 aromatic carbocycles. The number of nitrogens with zero attached hydrogens (tertiary/aromatic N) is 6. The number of hydrogen-bond acceptors (Lipinski definition) is 8. The lowest BCUT2D eigenvalue weighted by Crippen LogP contribution is -2.25. The fraction of sp³-hybridized carbons (Fsp3) is 0.178. The van der Waals surface area contributed by atoms with Crippen LogP contribution in [0.4, 0.5) is 13.2 Å². The Bertz CT molecular complexity index is 4270. The van der Waals surface area contributed by atoms with E-state index in [2.05, 4.69) is 84.3 Å². The lowest BCUT2D eigenvalue weighted by Gasteiger charge is -2.24. The third kappa shape index (κ3) is 15.8. The van der Waals surface area contributed by atoms with E-state index in [9.17, 15) is 28.2 Å². The van der Waals surface area contributed by atoms with E-state index in [0.29, 0.717) is 18.4 Å². The lowest BCUT2D eigenvalue weighted by molar-refractivity contribution is -0.141. The third-order valence-electron chi connectivity index (χ3n) is 15.1. The number of carboxylic acids is 1. The Balaban J connectivity index is 0.000000148. The summed E-state index contributed by atoms with van der Waals surface area (Å²) in [5, 5.41) is 36.3. The summed E-state index contributed by atoms with van der Waals surface area (Å²) in [6.45, 7) is 12.8. The van der Waals surface area contributed by atoms with Crippen LogP contribution in [-0.2, 0) is 14.0 Å². The molecule has 0 fully saturated rings. The van der Waals surface area contributed by atoms with Gasteiger partial charge in [0.25, 0.3) is 5.95 Å². The molecule has 89 heavy (non-hydrogen) atoms. The predicted octanol–water partition coefficient (Wildman–Crippen LogP) is 16.5. The van der Waals surface area contributed by atoms with Gasteiger partial charge in [-0.25, -0.2) is 27.2 Å². The van der Waals surface area contributed by atoms with E-state index in [-0.39, 0.29) is 29.3 Å². The smallest absolute Gasteiger partial charge is 0.307 e. The highest BCUT2D eigenvalue weighted by molar-refractivity contribution is 6.70. The Morgan fingerprint density at radius 1 is 0.517 bits per heavy atom. The van der Waals surface area contributed by atoms with Crippen LogP contribution in [0.15, 0.2) is 249 Å². The van der Waals surface area contributed by atoms with Crippen LogP contribution in [0.5, 0.6) is 0 Å². The number of aromatic nitrogens is 6. The molecule has 0 bridgehead atoms. The number of allylic oxidation sites excluding steroid dienone is 1. The highest BCUT2D eigenvalue weighted by atomic mass is 28.4. The molecule has 5 atom stereocenters. The summed E-state index contributed by atoms with van der Waals surface area (Å²) in [6, 6.07) is 66.4. The summed E-state index contributed by atoms with van der Waals surface area (Å²) in [4.78, 5) is 11.7. The number of carbonyl (C=O) groups is 1. The number of methoxy groups -OCH3 is 1. The van der Waals surface area contributed by atoms with Crippen LogP contribution >= 0.6 is 0 Å². The second-order valence-electron chi connectivity index (χ2n) is 22.5. The van der Waals surface area contributed by atoms with Crippen LogP contribution < -0.4 is 5.73 Å². The monoisotopic (exact) mass is 1210 g/mol. The Labute approximate surface area is 517 Å². The molecule has 0 amide bonds. The van der Waals surface area contributed by atoms with Gasteiger partial charge >= 0.3 is 5.97 Å². The first-order chi connectivity index (χ1) is 42.9. The molecule has 0 aliphatic rings. The molecule has 12 rings (SSSR count). The van der Waals surface area contributed by atoms with Gasteiger partial charge in [-0.05, 0) is 188 Å². The summed E-state index contributed by atoms with van der Waals surface area (Å²) in [7, 11) is 0.165. The number of carboxylic acid groups (broad SMARTS) is 1. The van der Waals surface area contributed by atoms with E-state index in [0.717, 1.165) is 72.0 Å². The van der Waals surface area contributed by atoms with Crippen molar-refractivity contribution in [3.63, 3.8) is 0 Å². The molecular weight excluding hydrogens is 1140 g/mol. The zero-order valence-corrected chi connectivity index (χ0v) is 51.7. The van der Waals surface area contributed by atoms with Crippen LogP contribution in [0, 0.1) is 29.3 Å². The standard InChI is InChI=1S/C23H22FN3.C23H19FN2O2.C20H15FN2O.C7H16O2Si/c1-16(14-25)23(17-5-3-2-4-6-17)18-7-12-22-19(13-18)15-26-27(22)21-10-8-20(24)9-11-21;1-15(23(27)28)22(16-5-3-2-4-6-16)17-7-12-21-18(13-17)14-25-26(21)20-10-8-19(24)9-11-20;21-17-7-9-18(10-8-17)23-19-11-6-15(12-16(19)13-22-23)20(24)14-4-2-1-3-5-14;1-6-7(8-2)9-10(3,4)5/h2-13,15-16,23H,14,25H2,1H3;2-15,22H,1H3,(H,27,28);1-13,20,24H;6H,1-5H3/b;;;7-6-. The van der Waals surface area contributed by atoms with Crippen molar-refractivity contribution in [3.05, 3.63) is 300 Å². The fourth-order valence-electron chi connectivity index (χ4n) is 10.6. The molecule has 0 spiro atoms. The van der Waals surface area contributed by atoms with Gasteiger partial charge in [0, 0.05) is 28.0 Å². The topological polar surface area (TPSA) is 155 Å². The highest BCUT2D eigenvalue weighted by Gasteiger charge is 2.28. The van der Waals surface area contributed by atoms with Crippen molar-refractivity contribution < 1.29 is 37.3 Å². The second kappa shape index (κ2) is 29.2. The van der Waals surface area contributed by atoms with E-state index < -0.39 is 26.3 Å². The van der Waals surface area contributed by atoms with Gasteiger partial charge in [-0.3, -0.25) is 4.79 Å². The molecule has 12 nitrogen and oxygen atoms in total. The average molecular weight is 1210 g/mol. The van der Waals surface area contributed by atoms with Gasteiger partial charge in [0.05, 0.1) is 65.2 Å². The zero-order chi connectivity index (χ0) is 63.2. The molecule has 0 aliphatic carbocycles. The SMILES string of the molecule is C/C=C(/OC)O[Si](C)(C)C.CC(C(=O)O)C(c1ccccc1)c1ccc2c(cnn2-c2ccc(F)cc2)c1.CC(CN)C(c1ccccc1)c1ccc2c(cnn2-c2ccc(F)cc2)c1.OC(c1ccccc1)c1ccc2c(cnn2-c2ccc(F)cc2)c1. The molecule has 0 saturated heterocycles. The molecule has 3 aromatic heterocycles. The summed E-state index contributed by atoms with van der Waals surface area (Å²) in [5.74, 6) is -1.32. The number of fused-ring (bicyclic) bond motifs is 3. The summed E-state index contributed by atoms with van der Waals surface area (Å²) < 4.78 is 55.3. The molecule has 4 N–H and O–H groups in total. The van der Waals surface area contributed by atoms with E-state index in [1.165, 1.54) is 47.5 Å². The highest BCUT2D eigenvalue weighted by Crippen LogP contribution is 2.36. The van der Waals surface area contributed by atoms with Crippen molar-refractivity contribution in [1.82, 2.24) is 29.3 Å². The number of aliphatic carboxylic acids is 1. The fourth-order valence-corrected chi connectivity index (χ4v) is 11.4. The third-order valence-corrected chi connectivity index (χ3v) is 15.9. The molecule has 0 aliphatic heterocycles. The first-order valence-corrected chi connectivity index (χ1v) is 32.7. The molecule has 5 unspecified atom stereocenters. The molecule has 0 saturated carbocycles. The van der Waals surface area contributed by atoms with E-state index in [4.69, 9.17) is 14.9 Å². The Hall–Kier alpha value is -9.87. The van der Waals surface area contributed by atoms with Crippen molar-refractivity contribution >= 4 is 47.0 Å². The molecular formula is C73H72F3N7O5Si. The van der Waals surface area contributed by atoms with Crippen molar-refractivity contribution in [3.8, 4) is 17.1 Å². The first kappa shape index (κ1) is 63.6. The molecule has 0 radical (unpaired) electrons. The molecule has 454 valence electrons. The minimum absolute atomic E-state index is 0.231. The van der Waals surface area contributed by atoms with Crippen molar-refractivity contribution in [2.75, 3.05) is 13.7 Å². The second-order valence-corrected chi connectivity index (χ2v) is 26.9. The maximum Gasteiger partial charge on any atom is 0.307 e. The normalized spacial score (nSPS) is 13.1. The molecule has 12 aromatic rings. The maximum atomic E-state index is 13.2. The van der Waals surface area contributed by atoms with Gasteiger partial charge < -0.3 is 25.1 Å². The Morgan fingerprint density at radius 3 is 1.20 bits per heavy atom. The number of benzene rings is 9. The van der Waals surface area contributed by atoms with E-state index in [1.807, 2.05) is 127 Å². The Kier molecular flexibility index (Phi) is 20.9. The summed E-state index contributed by atoms with van der Waals surface area (Å²) in [5.41, 5.74) is 17.2. The number of hydrogen-bond donors (Lipinski definition) is 3. The van der Waals surface area contributed by atoms with Crippen LogP contribution in [0.3, 0.4) is 0 Å². The van der Waals surface area contributed by atoms with Crippen molar-refractivity contribution in [2.45, 2.75) is 58.4 Å². The lowest BCUT2D eigenvalue weighted by atomic mass is 9.81. The van der Waals surface area contributed by atoms with E-state index >= 15 is 0 Å². The van der Waals surface area contributed by atoms with Gasteiger partial charge in [0.1, 0.15) is 23.6 Å². The van der Waals surface area contributed by atoms with Crippen LogP contribution in [0.25, 0.3) is 49.8 Å². The molecule has 3 heterocycles.